The predicted molar refractivity (Wildman–Crippen MR) is 76.6 cm³/mol. The second-order valence-corrected chi connectivity index (χ2v) is 5.81. The molecule has 4 heteroatoms. The first-order valence-electron chi connectivity index (χ1n) is 6.90. The van der Waals surface area contributed by atoms with Crippen LogP contribution >= 0.6 is 0 Å². The molecule has 0 saturated heterocycles. The zero-order valence-electron chi connectivity index (χ0n) is 11.9. The Morgan fingerprint density at radius 2 is 2.00 bits per heavy atom. The van der Waals surface area contributed by atoms with Crippen LogP contribution in [0.4, 0.5) is 0 Å². The number of fused-ring (bicyclic) bond motifs is 1. The third-order valence-corrected chi connectivity index (χ3v) is 3.56. The van der Waals surface area contributed by atoms with E-state index in [0.717, 1.165) is 44.0 Å². The summed E-state index contributed by atoms with van der Waals surface area (Å²) in [6.45, 7) is 7.45. The van der Waals surface area contributed by atoms with Crippen LogP contribution in [0.25, 0.3) is 0 Å². The summed E-state index contributed by atoms with van der Waals surface area (Å²) in [4.78, 5) is 0. The first kappa shape index (κ1) is 14.2. The average molecular weight is 264 g/mol. The first-order valence-corrected chi connectivity index (χ1v) is 6.90. The van der Waals surface area contributed by atoms with Crippen molar-refractivity contribution in [2.24, 2.45) is 11.1 Å². The molecule has 0 radical (unpaired) electrons. The normalized spacial score (nSPS) is 13.8. The van der Waals surface area contributed by atoms with Crippen molar-refractivity contribution in [1.82, 2.24) is 5.32 Å². The van der Waals surface area contributed by atoms with Crippen LogP contribution in [-0.4, -0.2) is 26.4 Å². The fraction of sp³-hybridized carbons (Fsp3) is 0.600. The van der Waals surface area contributed by atoms with Gasteiger partial charge in [-0.3, -0.25) is 0 Å². The minimum atomic E-state index is 0.228. The summed E-state index contributed by atoms with van der Waals surface area (Å²) in [5, 5.41) is 3.46. The summed E-state index contributed by atoms with van der Waals surface area (Å²) in [5.74, 6) is 1.71. The molecule has 0 unspecified atom stereocenters. The smallest absolute Gasteiger partial charge is 0.231 e. The van der Waals surface area contributed by atoms with E-state index in [9.17, 15) is 0 Å². The zero-order valence-corrected chi connectivity index (χ0v) is 11.9. The van der Waals surface area contributed by atoms with E-state index in [1.807, 2.05) is 6.07 Å². The van der Waals surface area contributed by atoms with Crippen molar-refractivity contribution < 1.29 is 9.47 Å². The van der Waals surface area contributed by atoms with Crippen LogP contribution in [-0.2, 0) is 6.42 Å². The molecule has 1 aliphatic heterocycles. The number of ether oxygens (including phenoxy) is 2. The van der Waals surface area contributed by atoms with Crippen molar-refractivity contribution in [2.75, 3.05) is 26.4 Å². The summed E-state index contributed by atoms with van der Waals surface area (Å²) in [5.41, 5.74) is 7.21. The Bertz CT molecular complexity index is 419. The topological polar surface area (TPSA) is 56.5 Å². The Morgan fingerprint density at radius 1 is 1.21 bits per heavy atom. The molecule has 0 saturated carbocycles. The van der Waals surface area contributed by atoms with Gasteiger partial charge >= 0.3 is 0 Å². The maximum absolute atomic E-state index is 5.71. The van der Waals surface area contributed by atoms with Crippen LogP contribution in [0.5, 0.6) is 11.5 Å². The molecule has 3 N–H and O–H groups in total. The van der Waals surface area contributed by atoms with Gasteiger partial charge in [0.05, 0.1) is 0 Å². The van der Waals surface area contributed by atoms with Crippen LogP contribution in [0, 0.1) is 5.41 Å². The molecule has 0 aromatic heterocycles. The highest BCUT2D eigenvalue weighted by Crippen LogP contribution is 2.32. The monoisotopic (exact) mass is 264 g/mol. The van der Waals surface area contributed by atoms with Crippen LogP contribution in [0.15, 0.2) is 18.2 Å². The molecular formula is C15H24N2O2. The third-order valence-electron chi connectivity index (χ3n) is 3.56. The lowest BCUT2D eigenvalue weighted by atomic mass is 9.90. The molecule has 1 aliphatic rings. The van der Waals surface area contributed by atoms with Crippen molar-refractivity contribution in [2.45, 2.75) is 26.7 Å². The van der Waals surface area contributed by atoms with Crippen molar-refractivity contribution in [1.29, 1.82) is 0 Å². The highest BCUT2D eigenvalue weighted by molar-refractivity contribution is 5.44. The highest BCUT2D eigenvalue weighted by atomic mass is 16.7. The fourth-order valence-electron chi connectivity index (χ4n) is 1.98. The highest BCUT2D eigenvalue weighted by Gasteiger charge is 2.15. The van der Waals surface area contributed by atoms with Crippen molar-refractivity contribution in [3.8, 4) is 11.5 Å². The lowest BCUT2D eigenvalue weighted by molar-refractivity contribution is 0.174. The van der Waals surface area contributed by atoms with Gasteiger partial charge in [0.15, 0.2) is 11.5 Å². The lowest BCUT2D eigenvalue weighted by Gasteiger charge is -2.22. The van der Waals surface area contributed by atoms with E-state index in [1.54, 1.807) is 0 Å². The molecule has 1 heterocycles. The van der Waals surface area contributed by atoms with Gasteiger partial charge in [-0.05, 0) is 55.6 Å². The summed E-state index contributed by atoms with van der Waals surface area (Å²) in [6.07, 6.45) is 2.10. The second-order valence-electron chi connectivity index (χ2n) is 5.81. The van der Waals surface area contributed by atoms with Crippen LogP contribution in [0.2, 0.25) is 0 Å². The van der Waals surface area contributed by atoms with Gasteiger partial charge in [-0.15, -0.1) is 0 Å². The fourth-order valence-corrected chi connectivity index (χ4v) is 1.98. The molecular weight excluding hydrogens is 240 g/mol. The van der Waals surface area contributed by atoms with Gasteiger partial charge < -0.3 is 20.5 Å². The van der Waals surface area contributed by atoms with E-state index >= 15 is 0 Å². The minimum Gasteiger partial charge on any atom is -0.454 e. The molecule has 4 nitrogen and oxygen atoms in total. The molecule has 0 spiro atoms. The van der Waals surface area contributed by atoms with Gasteiger partial charge in [-0.2, -0.15) is 0 Å². The molecule has 1 aromatic carbocycles. The van der Waals surface area contributed by atoms with E-state index in [4.69, 9.17) is 15.2 Å². The molecule has 0 fully saturated rings. The number of benzene rings is 1. The Labute approximate surface area is 115 Å². The van der Waals surface area contributed by atoms with Crippen LogP contribution < -0.4 is 20.5 Å². The number of hydrogen-bond acceptors (Lipinski definition) is 4. The van der Waals surface area contributed by atoms with Crippen molar-refractivity contribution in [3.63, 3.8) is 0 Å². The number of nitrogens with one attached hydrogen (secondary N) is 1. The van der Waals surface area contributed by atoms with Gasteiger partial charge in [0.2, 0.25) is 6.79 Å². The maximum Gasteiger partial charge on any atom is 0.231 e. The summed E-state index contributed by atoms with van der Waals surface area (Å²) < 4.78 is 10.7. The third kappa shape index (κ3) is 4.11. The number of nitrogens with two attached hydrogens (primary N) is 1. The first-order chi connectivity index (χ1) is 9.11. The predicted octanol–water partition coefficient (Wildman–Crippen LogP) is 1.92. The largest absolute Gasteiger partial charge is 0.454 e. The van der Waals surface area contributed by atoms with Gasteiger partial charge in [0.25, 0.3) is 0 Å². The quantitative estimate of drug-likeness (QED) is 0.739. The Morgan fingerprint density at radius 3 is 2.79 bits per heavy atom. The van der Waals surface area contributed by atoms with Gasteiger partial charge in [0, 0.05) is 0 Å². The van der Waals surface area contributed by atoms with E-state index in [0.29, 0.717) is 6.79 Å². The van der Waals surface area contributed by atoms with Crippen molar-refractivity contribution >= 4 is 0 Å². The maximum atomic E-state index is 5.71. The summed E-state index contributed by atoms with van der Waals surface area (Å²) in [6, 6.07) is 6.14. The average Bonchev–Trinajstić information content (AvgIpc) is 2.85. The van der Waals surface area contributed by atoms with Gasteiger partial charge in [0.1, 0.15) is 0 Å². The minimum absolute atomic E-state index is 0.228. The molecule has 106 valence electrons. The van der Waals surface area contributed by atoms with Crippen LogP contribution in [0.3, 0.4) is 0 Å². The lowest BCUT2D eigenvalue weighted by Crippen LogP contribution is -2.29. The standard InChI is InChI=1S/C15H24N2O2/c1-15(2,10-16)6-8-17-7-5-12-3-4-13-14(9-12)19-11-18-13/h3-4,9,17H,5-8,10-11,16H2,1-2H3. The second kappa shape index (κ2) is 6.26. The summed E-state index contributed by atoms with van der Waals surface area (Å²) >= 11 is 0. The molecule has 0 amide bonds. The molecule has 2 rings (SSSR count). The Hall–Kier alpha value is -1.26. The van der Waals surface area contributed by atoms with E-state index in [1.165, 1.54) is 5.56 Å². The van der Waals surface area contributed by atoms with Gasteiger partial charge in [-0.1, -0.05) is 19.9 Å². The zero-order chi connectivity index (χ0) is 13.7. The number of rotatable bonds is 7. The Balaban J connectivity index is 1.69. The molecule has 0 atom stereocenters. The van der Waals surface area contributed by atoms with E-state index in [-0.39, 0.29) is 5.41 Å². The SMILES string of the molecule is CC(C)(CN)CCNCCc1ccc2c(c1)OCO2. The molecule has 0 aliphatic carbocycles. The van der Waals surface area contributed by atoms with Gasteiger partial charge in [-0.25, -0.2) is 0 Å². The molecule has 0 bridgehead atoms. The van der Waals surface area contributed by atoms with Crippen LogP contribution in [0.1, 0.15) is 25.8 Å². The molecule has 1 aromatic rings. The van der Waals surface area contributed by atoms with E-state index < -0.39 is 0 Å². The molecule has 19 heavy (non-hydrogen) atoms. The van der Waals surface area contributed by atoms with Crippen molar-refractivity contribution in [3.05, 3.63) is 23.8 Å². The Kier molecular flexibility index (Phi) is 4.66. The number of hydrogen-bond donors (Lipinski definition) is 2. The summed E-state index contributed by atoms with van der Waals surface area (Å²) in [7, 11) is 0. The van der Waals surface area contributed by atoms with E-state index in [2.05, 4.69) is 31.3 Å².